The molecule has 31 heavy (non-hydrogen) atoms. The molecule has 1 saturated heterocycles. The third kappa shape index (κ3) is 6.17. The third-order valence-electron chi connectivity index (χ3n) is 5.60. The molecule has 2 aromatic rings. The summed E-state index contributed by atoms with van der Waals surface area (Å²) in [5.41, 5.74) is 8.87. The second kappa shape index (κ2) is 10.2. The maximum Gasteiger partial charge on any atom is 0.306 e. The molecule has 6 heteroatoms. The van der Waals surface area contributed by atoms with Crippen LogP contribution in [-0.2, 0) is 9.53 Å². The van der Waals surface area contributed by atoms with Crippen LogP contribution < -0.4 is 5.73 Å². The Hall–Kier alpha value is -3.15. The van der Waals surface area contributed by atoms with Crippen molar-refractivity contribution in [2.75, 3.05) is 19.7 Å². The molecule has 1 fully saturated rings. The number of rotatable bonds is 7. The first-order valence-corrected chi connectivity index (χ1v) is 10.8. The number of nitrogen functional groups attached to an aromatic ring is 1. The van der Waals surface area contributed by atoms with E-state index < -0.39 is 0 Å². The van der Waals surface area contributed by atoms with Crippen LogP contribution in [0.15, 0.2) is 48.5 Å². The number of likely N-dealkylation sites (tertiary alicyclic amines) is 1. The van der Waals surface area contributed by atoms with Gasteiger partial charge in [-0.25, -0.2) is 0 Å². The number of amides is 1. The second-order valence-corrected chi connectivity index (χ2v) is 8.58. The van der Waals surface area contributed by atoms with E-state index in [1.54, 1.807) is 0 Å². The molecule has 0 aromatic heterocycles. The van der Waals surface area contributed by atoms with Gasteiger partial charge in [-0.3, -0.25) is 15.0 Å². The molecule has 3 N–H and O–H groups in total. The zero-order valence-electron chi connectivity index (χ0n) is 18.3. The van der Waals surface area contributed by atoms with Crippen molar-refractivity contribution < 1.29 is 14.3 Å². The molecule has 1 amide bonds. The summed E-state index contributed by atoms with van der Waals surface area (Å²) in [6.45, 7) is 5.83. The summed E-state index contributed by atoms with van der Waals surface area (Å²) in [5, 5.41) is 7.48. The Morgan fingerprint density at radius 1 is 1.00 bits per heavy atom. The molecule has 0 aliphatic carbocycles. The summed E-state index contributed by atoms with van der Waals surface area (Å²) in [4.78, 5) is 26.7. The molecule has 6 nitrogen and oxygen atoms in total. The van der Waals surface area contributed by atoms with E-state index in [9.17, 15) is 9.59 Å². The minimum absolute atomic E-state index is 0.0271. The minimum Gasteiger partial charge on any atom is -0.465 e. The van der Waals surface area contributed by atoms with Crippen LogP contribution >= 0.6 is 0 Å². The van der Waals surface area contributed by atoms with Gasteiger partial charge >= 0.3 is 5.97 Å². The zero-order chi connectivity index (χ0) is 22.4. The molecule has 1 aliphatic rings. The first-order valence-electron chi connectivity index (χ1n) is 10.8. The number of esters is 1. The highest BCUT2D eigenvalue weighted by Gasteiger charge is 2.25. The normalized spacial score (nSPS) is 14.5. The first-order chi connectivity index (χ1) is 14.8. The summed E-state index contributed by atoms with van der Waals surface area (Å²) in [6, 6.07) is 15.1. The molecule has 2 aromatic carbocycles. The standard InChI is InChI=1S/C25H31N3O3/c1-17(2)16-31-23(29)15-18-11-13-28(14-12-18)25(30)22-9-5-20(6-10-22)19-3-7-21(8-4-19)24(26)27/h3-10,17-18H,11-16H2,1-2H3,(H3,26,27). The fraction of sp³-hybridized carbons (Fsp3) is 0.400. The van der Waals surface area contributed by atoms with Crippen molar-refractivity contribution in [1.29, 1.82) is 5.41 Å². The fourth-order valence-electron chi connectivity index (χ4n) is 3.72. The molecule has 1 heterocycles. The van der Waals surface area contributed by atoms with Crippen LogP contribution in [0, 0.1) is 17.2 Å². The number of nitrogens with one attached hydrogen (secondary N) is 1. The molecule has 3 rings (SSSR count). The molecule has 0 saturated carbocycles. The van der Waals surface area contributed by atoms with Crippen LogP contribution in [0.1, 0.15) is 49.0 Å². The van der Waals surface area contributed by atoms with Gasteiger partial charge in [-0.1, -0.05) is 50.2 Å². The van der Waals surface area contributed by atoms with Gasteiger partial charge in [0.25, 0.3) is 5.91 Å². The van der Waals surface area contributed by atoms with E-state index in [2.05, 4.69) is 0 Å². The predicted molar refractivity (Wildman–Crippen MR) is 122 cm³/mol. The topological polar surface area (TPSA) is 96.5 Å². The highest BCUT2D eigenvalue weighted by molar-refractivity contribution is 5.96. The number of hydrogen-bond acceptors (Lipinski definition) is 4. The summed E-state index contributed by atoms with van der Waals surface area (Å²) in [7, 11) is 0. The van der Waals surface area contributed by atoms with Crippen LogP contribution in [0.2, 0.25) is 0 Å². The Morgan fingerprint density at radius 3 is 2.00 bits per heavy atom. The number of hydrogen-bond donors (Lipinski definition) is 2. The lowest BCUT2D eigenvalue weighted by molar-refractivity contribution is -0.146. The lowest BCUT2D eigenvalue weighted by atomic mass is 9.93. The Labute approximate surface area is 183 Å². The monoisotopic (exact) mass is 421 g/mol. The van der Waals surface area contributed by atoms with Crippen molar-refractivity contribution in [3.63, 3.8) is 0 Å². The van der Waals surface area contributed by atoms with Crippen molar-refractivity contribution in [1.82, 2.24) is 4.90 Å². The molecule has 0 bridgehead atoms. The van der Waals surface area contributed by atoms with Crippen LogP contribution in [0.5, 0.6) is 0 Å². The number of nitrogens with zero attached hydrogens (tertiary/aromatic N) is 1. The Kier molecular flexibility index (Phi) is 7.45. The quantitative estimate of drug-likeness (QED) is 0.400. The highest BCUT2D eigenvalue weighted by Crippen LogP contribution is 2.24. The van der Waals surface area contributed by atoms with Gasteiger partial charge in [0.2, 0.25) is 0 Å². The van der Waals surface area contributed by atoms with Gasteiger partial charge in [-0.05, 0) is 47.9 Å². The zero-order valence-corrected chi connectivity index (χ0v) is 18.3. The van der Waals surface area contributed by atoms with E-state index in [4.69, 9.17) is 15.9 Å². The van der Waals surface area contributed by atoms with Crippen molar-refractivity contribution in [2.24, 2.45) is 17.6 Å². The summed E-state index contributed by atoms with van der Waals surface area (Å²) >= 11 is 0. The number of carbonyl (C=O) groups excluding carboxylic acids is 2. The van der Waals surface area contributed by atoms with E-state index in [1.165, 1.54) is 0 Å². The van der Waals surface area contributed by atoms with E-state index in [1.807, 2.05) is 67.3 Å². The van der Waals surface area contributed by atoms with E-state index in [-0.39, 0.29) is 23.6 Å². The second-order valence-electron chi connectivity index (χ2n) is 8.58. The van der Waals surface area contributed by atoms with Crippen LogP contribution in [0.3, 0.4) is 0 Å². The van der Waals surface area contributed by atoms with Crippen LogP contribution in [0.25, 0.3) is 11.1 Å². The number of amidine groups is 1. The molecular formula is C25H31N3O3. The van der Waals surface area contributed by atoms with Crippen LogP contribution in [0.4, 0.5) is 0 Å². The number of nitrogens with two attached hydrogens (primary N) is 1. The fourth-order valence-corrected chi connectivity index (χ4v) is 3.72. The molecule has 1 aliphatic heterocycles. The summed E-state index contributed by atoms with van der Waals surface area (Å²) in [5.74, 6) is 0.562. The Morgan fingerprint density at radius 2 is 1.52 bits per heavy atom. The molecular weight excluding hydrogens is 390 g/mol. The van der Waals surface area contributed by atoms with Crippen LogP contribution in [-0.4, -0.2) is 42.3 Å². The third-order valence-corrected chi connectivity index (χ3v) is 5.60. The average molecular weight is 422 g/mol. The highest BCUT2D eigenvalue weighted by atomic mass is 16.5. The lowest BCUT2D eigenvalue weighted by Gasteiger charge is -2.31. The summed E-state index contributed by atoms with van der Waals surface area (Å²) < 4.78 is 5.28. The SMILES string of the molecule is CC(C)COC(=O)CC1CCN(C(=O)c2ccc(-c3ccc(C(=N)N)cc3)cc2)CC1. The Bertz CT molecular complexity index is 912. The molecule has 164 valence electrons. The largest absolute Gasteiger partial charge is 0.465 e. The van der Waals surface area contributed by atoms with Gasteiger partial charge in [0.15, 0.2) is 0 Å². The van der Waals surface area contributed by atoms with Gasteiger partial charge in [0, 0.05) is 30.6 Å². The molecule has 0 radical (unpaired) electrons. The van der Waals surface area contributed by atoms with E-state index in [0.29, 0.717) is 43.2 Å². The maximum absolute atomic E-state index is 12.9. The maximum atomic E-state index is 12.9. The van der Waals surface area contributed by atoms with Gasteiger partial charge in [-0.15, -0.1) is 0 Å². The number of ether oxygens (including phenoxy) is 1. The van der Waals surface area contributed by atoms with Crippen molar-refractivity contribution in [3.8, 4) is 11.1 Å². The lowest BCUT2D eigenvalue weighted by Crippen LogP contribution is -2.39. The number of piperidine rings is 1. The average Bonchev–Trinajstić information content (AvgIpc) is 2.78. The van der Waals surface area contributed by atoms with Gasteiger partial charge in [-0.2, -0.15) is 0 Å². The minimum atomic E-state index is -0.134. The smallest absolute Gasteiger partial charge is 0.306 e. The summed E-state index contributed by atoms with van der Waals surface area (Å²) in [6.07, 6.45) is 2.08. The first kappa shape index (κ1) is 22.5. The van der Waals surface area contributed by atoms with Gasteiger partial charge < -0.3 is 15.4 Å². The van der Waals surface area contributed by atoms with Gasteiger partial charge in [0.05, 0.1) is 6.61 Å². The van der Waals surface area contributed by atoms with Crippen molar-refractivity contribution >= 4 is 17.7 Å². The number of benzene rings is 2. The number of carbonyl (C=O) groups is 2. The van der Waals surface area contributed by atoms with Crippen molar-refractivity contribution in [2.45, 2.75) is 33.1 Å². The van der Waals surface area contributed by atoms with Crippen molar-refractivity contribution in [3.05, 3.63) is 59.7 Å². The molecule has 0 atom stereocenters. The Balaban J connectivity index is 1.53. The molecule has 0 unspecified atom stereocenters. The van der Waals surface area contributed by atoms with E-state index in [0.717, 1.165) is 24.0 Å². The predicted octanol–water partition coefficient (Wildman–Crippen LogP) is 4.08. The molecule has 0 spiro atoms. The van der Waals surface area contributed by atoms with Gasteiger partial charge in [0.1, 0.15) is 5.84 Å². The van der Waals surface area contributed by atoms with E-state index >= 15 is 0 Å².